The number of urea groups is 1. The van der Waals surface area contributed by atoms with Gasteiger partial charge >= 0.3 is 6.03 Å². The summed E-state index contributed by atoms with van der Waals surface area (Å²) in [6.07, 6.45) is 2.87. The Hall–Kier alpha value is -3.00. The minimum atomic E-state index is -1.22. The number of benzene rings is 1. The molecule has 9 heteroatoms. The molecule has 140 valence electrons. The van der Waals surface area contributed by atoms with Gasteiger partial charge in [0.05, 0.1) is 17.1 Å². The molecule has 0 aliphatic carbocycles. The predicted octanol–water partition coefficient (Wildman–Crippen LogP) is 4.08. The number of aromatic amines is 1. The van der Waals surface area contributed by atoms with E-state index in [2.05, 4.69) is 15.3 Å². The topological polar surface area (TPSA) is 78.1 Å². The van der Waals surface area contributed by atoms with Gasteiger partial charge in [-0.3, -0.25) is 4.79 Å². The molecule has 0 bridgehead atoms. The van der Waals surface area contributed by atoms with E-state index in [9.17, 15) is 18.4 Å². The number of hydrogen-bond donors (Lipinski definition) is 2. The van der Waals surface area contributed by atoms with E-state index in [4.69, 9.17) is 11.6 Å². The highest BCUT2D eigenvalue weighted by Crippen LogP contribution is 2.28. The lowest BCUT2D eigenvalue weighted by molar-refractivity contribution is 0.208. The van der Waals surface area contributed by atoms with E-state index in [1.807, 2.05) is 0 Å². The molecule has 0 aliphatic rings. The summed E-state index contributed by atoms with van der Waals surface area (Å²) in [5, 5.41) is 2.61. The normalized spacial score (nSPS) is 12.0. The van der Waals surface area contributed by atoms with Crippen molar-refractivity contribution in [1.82, 2.24) is 14.9 Å². The van der Waals surface area contributed by atoms with E-state index in [1.165, 1.54) is 30.4 Å². The van der Waals surface area contributed by atoms with Crippen LogP contribution in [0.4, 0.5) is 19.3 Å². The average molecular weight is 393 g/mol. The molecule has 0 radical (unpaired) electrons. The van der Waals surface area contributed by atoms with E-state index in [-0.39, 0.29) is 15.9 Å². The van der Waals surface area contributed by atoms with Gasteiger partial charge in [0.2, 0.25) is 0 Å². The van der Waals surface area contributed by atoms with Gasteiger partial charge < -0.3 is 15.2 Å². The lowest BCUT2D eigenvalue weighted by Crippen LogP contribution is -2.34. The first kappa shape index (κ1) is 18.8. The second kappa shape index (κ2) is 7.32. The van der Waals surface area contributed by atoms with Gasteiger partial charge in [0.15, 0.2) is 16.8 Å². The minimum Gasteiger partial charge on any atom is -0.328 e. The Morgan fingerprint density at radius 2 is 2.07 bits per heavy atom. The predicted molar refractivity (Wildman–Crippen MR) is 98.9 cm³/mol. The zero-order valence-corrected chi connectivity index (χ0v) is 15.1. The SMILES string of the molecule is C[C@@H](c1c[nH]c(=O)c2c(F)c(F)ccc12)N(C)C(=O)Nc1cccnc1Cl. The summed E-state index contributed by atoms with van der Waals surface area (Å²) in [5.41, 5.74) is 0.0493. The number of carbonyl (C=O) groups excluding carboxylic acids is 1. The molecule has 0 saturated carbocycles. The summed E-state index contributed by atoms with van der Waals surface area (Å²) < 4.78 is 27.6. The number of rotatable bonds is 3. The van der Waals surface area contributed by atoms with Gasteiger partial charge in [0, 0.05) is 19.4 Å². The van der Waals surface area contributed by atoms with Gasteiger partial charge in [-0.25, -0.2) is 18.6 Å². The molecule has 3 aromatic rings. The van der Waals surface area contributed by atoms with Gasteiger partial charge in [0.1, 0.15) is 0 Å². The van der Waals surface area contributed by atoms with Crippen LogP contribution in [0, 0.1) is 11.6 Å². The molecule has 0 saturated heterocycles. The Balaban J connectivity index is 1.96. The number of amides is 2. The molecule has 0 fully saturated rings. The molecule has 2 N–H and O–H groups in total. The van der Waals surface area contributed by atoms with Crippen LogP contribution in [0.25, 0.3) is 10.8 Å². The number of H-pyrrole nitrogens is 1. The van der Waals surface area contributed by atoms with Crippen LogP contribution in [-0.4, -0.2) is 27.9 Å². The van der Waals surface area contributed by atoms with Gasteiger partial charge in [-0.05, 0) is 36.1 Å². The van der Waals surface area contributed by atoms with Crippen molar-refractivity contribution in [3.05, 3.63) is 69.4 Å². The van der Waals surface area contributed by atoms with E-state index >= 15 is 0 Å². The Kier molecular flexibility index (Phi) is 5.09. The molecule has 2 heterocycles. The first-order valence-corrected chi connectivity index (χ1v) is 8.32. The van der Waals surface area contributed by atoms with Gasteiger partial charge in [-0.1, -0.05) is 17.7 Å². The van der Waals surface area contributed by atoms with Crippen molar-refractivity contribution in [2.45, 2.75) is 13.0 Å². The van der Waals surface area contributed by atoms with Crippen LogP contribution in [0.5, 0.6) is 0 Å². The number of hydrogen-bond acceptors (Lipinski definition) is 3. The third-order valence-electron chi connectivity index (χ3n) is 4.34. The van der Waals surface area contributed by atoms with Crippen LogP contribution in [-0.2, 0) is 0 Å². The summed E-state index contributed by atoms with van der Waals surface area (Å²) in [5.74, 6) is -2.34. The fourth-order valence-electron chi connectivity index (χ4n) is 2.72. The highest BCUT2D eigenvalue weighted by Gasteiger charge is 2.22. The largest absolute Gasteiger partial charge is 0.328 e. The van der Waals surface area contributed by atoms with Crippen LogP contribution in [0.2, 0.25) is 5.15 Å². The second-order valence-electron chi connectivity index (χ2n) is 5.92. The lowest BCUT2D eigenvalue weighted by atomic mass is 10.0. The number of aromatic nitrogens is 2. The molecule has 1 atom stereocenters. The monoisotopic (exact) mass is 392 g/mol. The maximum absolute atomic E-state index is 14.1. The van der Waals surface area contributed by atoms with Crippen molar-refractivity contribution < 1.29 is 13.6 Å². The Bertz CT molecular complexity index is 1090. The number of halogens is 3. The first-order chi connectivity index (χ1) is 12.8. The number of fused-ring (bicyclic) bond motifs is 1. The number of carbonyl (C=O) groups is 1. The van der Waals surface area contributed by atoms with Gasteiger partial charge in [-0.15, -0.1) is 0 Å². The smallest absolute Gasteiger partial charge is 0.322 e. The van der Waals surface area contributed by atoms with Crippen LogP contribution in [0.3, 0.4) is 0 Å². The highest BCUT2D eigenvalue weighted by atomic mass is 35.5. The van der Waals surface area contributed by atoms with Crippen LogP contribution in [0.1, 0.15) is 18.5 Å². The van der Waals surface area contributed by atoms with Crippen LogP contribution in [0.15, 0.2) is 41.5 Å². The Morgan fingerprint density at radius 3 is 2.78 bits per heavy atom. The third-order valence-corrected chi connectivity index (χ3v) is 4.64. The maximum Gasteiger partial charge on any atom is 0.322 e. The third kappa shape index (κ3) is 3.48. The van der Waals surface area contributed by atoms with Crippen molar-refractivity contribution in [2.75, 3.05) is 12.4 Å². The fraction of sp³-hybridized carbons (Fsp3) is 0.167. The molecule has 6 nitrogen and oxygen atoms in total. The average Bonchev–Trinajstić information content (AvgIpc) is 2.65. The first-order valence-electron chi connectivity index (χ1n) is 7.95. The summed E-state index contributed by atoms with van der Waals surface area (Å²) in [6.45, 7) is 1.69. The summed E-state index contributed by atoms with van der Waals surface area (Å²) in [6, 6.07) is 4.43. The molecular weight excluding hydrogens is 378 g/mol. The number of nitrogens with one attached hydrogen (secondary N) is 2. The molecule has 0 aliphatic heterocycles. The Morgan fingerprint density at radius 1 is 1.33 bits per heavy atom. The summed E-state index contributed by atoms with van der Waals surface area (Å²) in [7, 11) is 1.53. The number of pyridine rings is 2. The molecular formula is C18H15ClF2N4O2. The second-order valence-corrected chi connectivity index (χ2v) is 6.27. The van der Waals surface area contributed by atoms with Crippen molar-refractivity contribution in [3.63, 3.8) is 0 Å². The molecule has 0 spiro atoms. The van der Waals surface area contributed by atoms with Crippen molar-refractivity contribution >= 4 is 34.1 Å². The molecule has 2 aromatic heterocycles. The van der Waals surface area contributed by atoms with Gasteiger partial charge in [-0.2, -0.15) is 0 Å². The quantitative estimate of drug-likeness (QED) is 0.659. The zero-order chi connectivity index (χ0) is 19.7. The number of nitrogens with zero attached hydrogens (tertiary/aromatic N) is 2. The van der Waals surface area contributed by atoms with Crippen LogP contribution >= 0.6 is 11.6 Å². The zero-order valence-electron chi connectivity index (χ0n) is 14.4. The fourth-order valence-corrected chi connectivity index (χ4v) is 2.89. The standard InChI is InChI=1S/C18H15ClF2N4O2/c1-9(25(2)18(27)24-13-4-3-7-22-16(13)19)11-8-23-17(26)14-10(11)5-6-12(20)15(14)21/h3-9H,1-2H3,(H,23,26)(H,24,27)/t9-/m0/s1. The molecule has 0 unspecified atom stereocenters. The molecule has 27 heavy (non-hydrogen) atoms. The van der Waals surface area contributed by atoms with Crippen molar-refractivity contribution in [3.8, 4) is 0 Å². The van der Waals surface area contributed by atoms with E-state index in [0.717, 1.165) is 6.07 Å². The molecule has 3 rings (SSSR count). The van der Waals surface area contributed by atoms with E-state index < -0.39 is 29.3 Å². The highest BCUT2D eigenvalue weighted by molar-refractivity contribution is 6.32. The Labute approximate surface area is 157 Å². The van der Waals surface area contributed by atoms with Crippen molar-refractivity contribution in [2.24, 2.45) is 0 Å². The van der Waals surface area contributed by atoms with Gasteiger partial charge in [0.25, 0.3) is 5.56 Å². The summed E-state index contributed by atoms with van der Waals surface area (Å²) >= 11 is 5.94. The summed E-state index contributed by atoms with van der Waals surface area (Å²) in [4.78, 5) is 32.1. The van der Waals surface area contributed by atoms with Crippen molar-refractivity contribution in [1.29, 1.82) is 0 Å². The maximum atomic E-state index is 14.1. The van der Waals surface area contributed by atoms with Crippen LogP contribution < -0.4 is 10.9 Å². The van der Waals surface area contributed by atoms with E-state index in [0.29, 0.717) is 11.3 Å². The number of anilines is 1. The van der Waals surface area contributed by atoms with E-state index in [1.54, 1.807) is 19.1 Å². The lowest BCUT2D eigenvalue weighted by Gasteiger charge is -2.26. The minimum absolute atomic E-state index is 0.138. The molecule has 2 amide bonds. The molecule has 1 aromatic carbocycles.